The predicted octanol–water partition coefficient (Wildman–Crippen LogP) is 11.7. The highest BCUT2D eigenvalue weighted by Crippen LogP contribution is 2.38. The topological polar surface area (TPSA) is 9.86 Å². The minimum atomic E-state index is 1.14. The van der Waals surface area contributed by atoms with Crippen molar-refractivity contribution in [1.82, 2.24) is 9.13 Å². The number of nitrogens with zero attached hydrogens (tertiary/aromatic N) is 2. The van der Waals surface area contributed by atoms with E-state index < -0.39 is 0 Å². The zero-order valence-corrected chi connectivity index (χ0v) is 25.2. The molecule has 46 heavy (non-hydrogen) atoms. The Morgan fingerprint density at radius 3 is 1.48 bits per heavy atom. The third-order valence-corrected chi connectivity index (χ3v) is 9.14. The summed E-state index contributed by atoms with van der Waals surface area (Å²) in [4.78, 5) is 0. The molecule has 0 atom stereocenters. The van der Waals surface area contributed by atoms with Crippen LogP contribution in [0.4, 0.5) is 0 Å². The van der Waals surface area contributed by atoms with E-state index in [1.165, 1.54) is 71.8 Å². The summed E-state index contributed by atoms with van der Waals surface area (Å²) < 4.78 is 4.71. The highest BCUT2D eigenvalue weighted by Gasteiger charge is 2.17. The fourth-order valence-electron chi connectivity index (χ4n) is 6.95. The quantitative estimate of drug-likeness (QED) is 0.190. The molecule has 2 nitrogen and oxygen atoms in total. The van der Waals surface area contributed by atoms with Crippen molar-refractivity contribution in [1.29, 1.82) is 0 Å². The van der Waals surface area contributed by atoms with E-state index in [1.54, 1.807) is 0 Å². The molecule has 9 aromatic rings. The first-order valence-electron chi connectivity index (χ1n) is 15.8. The third kappa shape index (κ3) is 4.35. The average molecular weight is 587 g/mol. The monoisotopic (exact) mass is 586 g/mol. The molecule has 0 spiro atoms. The molecule has 0 aliphatic carbocycles. The van der Waals surface area contributed by atoms with Crippen LogP contribution in [-0.4, -0.2) is 9.13 Å². The van der Waals surface area contributed by atoms with Crippen molar-refractivity contribution in [3.05, 3.63) is 182 Å². The standard InChI is InChI=1S/C44H30N2/c1-4-12-31(13-5-1)34-28-35(32-14-6-2-7-15-32)30-36(29-34)33-20-22-37(23-21-33)45-27-26-41-42(45)25-24-40-39-18-10-11-19-43(39)46(44(40)41)38-16-8-3-9-17-38/h1-30H. The van der Waals surface area contributed by atoms with Crippen LogP contribution in [0.5, 0.6) is 0 Å². The van der Waals surface area contributed by atoms with E-state index >= 15 is 0 Å². The minimum Gasteiger partial charge on any atom is -0.316 e. The van der Waals surface area contributed by atoms with E-state index in [1.807, 2.05) is 0 Å². The maximum absolute atomic E-state index is 2.41. The van der Waals surface area contributed by atoms with Crippen molar-refractivity contribution < 1.29 is 0 Å². The molecule has 2 heterocycles. The number of hydrogen-bond donors (Lipinski definition) is 0. The van der Waals surface area contributed by atoms with E-state index in [4.69, 9.17) is 0 Å². The molecular formula is C44H30N2. The first-order valence-corrected chi connectivity index (χ1v) is 15.8. The number of para-hydroxylation sites is 2. The Labute approximate surface area is 268 Å². The van der Waals surface area contributed by atoms with Gasteiger partial charge in [0, 0.05) is 33.7 Å². The summed E-state index contributed by atoms with van der Waals surface area (Å²) in [5.74, 6) is 0. The summed E-state index contributed by atoms with van der Waals surface area (Å²) in [6, 6.07) is 63.4. The van der Waals surface area contributed by atoms with E-state index in [0.717, 1.165) is 5.69 Å². The molecule has 7 aromatic carbocycles. The SMILES string of the molecule is c1ccc(-c2cc(-c3ccccc3)cc(-c3ccc(-n4ccc5c4ccc4c6ccccc6n(-c6ccccc6)c45)cc3)c2)cc1. The molecule has 0 radical (unpaired) electrons. The number of aromatic nitrogens is 2. The van der Waals surface area contributed by atoms with Crippen LogP contribution in [0.1, 0.15) is 0 Å². The van der Waals surface area contributed by atoms with Crippen LogP contribution >= 0.6 is 0 Å². The summed E-state index contributed by atoms with van der Waals surface area (Å²) in [6.45, 7) is 0. The first kappa shape index (κ1) is 26.3. The molecule has 0 unspecified atom stereocenters. The molecule has 0 saturated carbocycles. The van der Waals surface area contributed by atoms with E-state index in [9.17, 15) is 0 Å². The van der Waals surface area contributed by atoms with Crippen LogP contribution in [0, 0.1) is 0 Å². The van der Waals surface area contributed by atoms with Crippen LogP contribution in [0.25, 0.3) is 77.5 Å². The molecule has 0 amide bonds. The summed E-state index contributed by atoms with van der Waals surface area (Å²) in [6.07, 6.45) is 2.20. The first-order chi connectivity index (χ1) is 22.8. The van der Waals surface area contributed by atoms with Crippen molar-refractivity contribution in [3.8, 4) is 44.8 Å². The Morgan fingerprint density at radius 2 is 0.848 bits per heavy atom. The van der Waals surface area contributed by atoms with E-state index in [-0.39, 0.29) is 0 Å². The highest BCUT2D eigenvalue weighted by molar-refractivity contribution is 6.18. The summed E-state index contributed by atoms with van der Waals surface area (Å²) in [7, 11) is 0. The van der Waals surface area contributed by atoms with Gasteiger partial charge in [0.2, 0.25) is 0 Å². The fraction of sp³-hybridized carbons (Fsp3) is 0. The van der Waals surface area contributed by atoms with Crippen LogP contribution < -0.4 is 0 Å². The Balaban J connectivity index is 1.16. The predicted molar refractivity (Wildman–Crippen MR) is 194 cm³/mol. The number of hydrogen-bond acceptors (Lipinski definition) is 0. The van der Waals surface area contributed by atoms with E-state index in [2.05, 4.69) is 191 Å². The van der Waals surface area contributed by atoms with Gasteiger partial charge in [-0.3, -0.25) is 0 Å². The normalized spacial score (nSPS) is 11.5. The van der Waals surface area contributed by atoms with Crippen molar-refractivity contribution in [2.75, 3.05) is 0 Å². The van der Waals surface area contributed by atoms with Gasteiger partial charge in [0.1, 0.15) is 0 Å². The largest absolute Gasteiger partial charge is 0.316 e. The number of rotatable bonds is 5. The van der Waals surface area contributed by atoms with Gasteiger partial charge in [-0.2, -0.15) is 0 Å². The van der Waals surface area contributed by atoms with E-state index in [0.29, 0.717) is 0 Å². The lowest BCUT2D eigenvalue weighted by atomic mass is 9.93. The summed E-state index contributed by atoms with van der Waals surface area (Å²) >= 11 is 0. The van der Waals surface area contributed by atoms with Gasteiger partial charge in [-0.15, -0.1) is 0 Å². The number of fused-ring (bicyclic) bond motifs is 5. The smallest absolute Gasteiger partial charge is 0.0635 e. The molecular weight excluding hydrogens is 556 g/mol. The van der Waals surface area contributed by atoms with Crippen LogP contribution in [0.15, 0.2) is 182 Å². The summed E-state index contributed by atoms with van der Waals surface area (Å²) in [5, 5.41) is 3.78. The Kier molecular flexibility index (Phi) is 6.17. The second-order valence-corrected chi connectivity index (χ2v) is 11.8. The van der Waals surface area contributed by atoms with Gasteiger partial charge in [-0.25, -0.2) is 0 Å². The lowest BCUT2D eigenvalue weighted by molar-refractivity contribution is 1.13. The number of benzene rings is 7. The van der Waals surface area contributed by atoms with Gasteiger partial charge in [-0.05, 0) is 94.0 Å². The van der Waals surface area contributed by atoms with Gasteiger partial charge >= 0.3 is 0 Å². The molecule has 216 valence electrons. The van der Waals surface area contributed by atoms with Gasteiger partial charge in [-0.1, -0.05) is 115 Å². The Hall–Kier alpha value is -6.12. The molecule has 0 aliphatic heterocycles. The van der Waals surface area contributed by atoms with Crippen LogP contribution in [-0.2, 0) is 0 Å². The second-order valence-electron chi connectivity index (χ2n) is 11.8. The zero-order chi connectivity index (χ0) is 30.5. The lowest BCUT2D eigenvalue weighted by Gasteiger charge is -2.12. The molecule has 2 aromatic heterocycles. The van der Waals surface area contributed by atoms with Gasteiger partial charge in [0.15, 0.2) is 0 Å². The van der Waals surface area contributed by atoms with Crippen molar-refractivity contribution in [3.63, 3.8) is 0 Å². The van der Waals surface area contributed by atoms with Crippen molar-refractivity contribution >= 4 is 32.7 Å². The van der Waals surface area contributed by atoms with Gasteiger partial charge in [0.05, 0.1) is 16.6 Å². The summed E-state index contributed by atoms with van der Waals surface area (Å²) in [5.41, 5.74) is 13.2. The highest BCUT2D eigenvalue weighted by atomic mass is 15.0. The maximum atomic E-state index is 2.41. The Bertz CT molecular complexity index is 2430. The Morgan fingerprint density at radius 1 is 0.304 bits per heavy atom. The molecule has 0 N–H and O–H groups in total. The third-order valence-electron chi connectivity index (χ3n) is 9.14. The molecule has 9 rings (SSSR count). The lowest BCUT2D eigenvalue weighted by Crippen LogP contribution is -1.95. The van der Waals surface area contributed by atoms with Gasteiger partial charge in [0.25, 0.3) is 0 Å². The van der Waals surface area contributed by atoms with Crippen molar-refractivity contribution in [2.45, 2.75) is 0 Å². The van der Waals surface area contributed by atoms with Crippen LogP contribution in [0.3, 0.4) is 0 Å². The zero-order valence-electron chi connectivity index (χ0n) is 25.2. The fourth-order valence-corrected chi connectivity index (χ4v) is 6.95. The average Bonchev–Trinajstić information content (AvgIpc) is 3.72. The molecule has 0 saturated heterocycles. The molecule has 0 fully saturated rings. The van der Waals surface area contributed by atoms with Crippen LogP contribution in [0.2, 0.25) is 0 Å². The molecule has 0 aliphatic rings. The maximum Gasteiger partial charge on any atom is 0.0635 e. The second kappa shape index (κ2) is 10.8. The van der Waals surface area contributed by atoms with Gasteiger partial charge < -0.3 is 9.13 Å². The minimum absolute atomic E-state index is 1.14. The van der Waals surface area contributed by atoms with Crippen molar-refractivity contribution in [2.24, 2.45) is 0 Å². The molecule has 0 bridgehead atoms. The molecule has 2 heteroatoms.